The summed E-state index contributed by atoms with van der Waals surface area (Å²) in [6.45, 7) is 0.100. The Bertz CT molecular complexity index is 426. The van der Waals surface area contributed by atoms with Gasteiger partial charge in [0, 0.05) is 9.79 Å². The molecule has 2 heteroatoms. The Morgan fingerprint density at radius 3 is 2.33 bits per heavy atom. The Balaban J connectivity index is 2.17. The highest BCUT2D eigenvalue weighted by Gasteiger charge is 1.97. The van der Waals surface area contributed by atoms with Gasteiger partial charge in [0.1, 0.15) is 0 Å². The first-order chi connectivity index (χ1) is 7.38. The lowest BCUT2D eigenvalue weighted by Gasteiger charge is -2.02. The normalized spacial score (nSPS) is 10.2. The molecule has 0 bridgehead atoms. The van der Waals surface area contributed by atoms with E-state index < -0.39 is 0 Å². The second-order valence-corrected chi connectivity index (χ2v) is 4.37. The van der Waals surface area contributed by atoms with Crippen molar-refractivity contribution in [2.45, 2.75) is 16.4 Å². The fourth-order valence-electron chi connectivity index (χ4n) is 1.33. The van der Waals surface area contributed by atoms with Crippen LogP contribution in [0.25, 0.3) is 0 Å². The van der Waals surface area contributed by atoms with Gasteiger partial charge in [-0.15, -0.1) is 0 Å². The molecule has 2 aromatic carbocycles. The molecule has 0 aliphatic rings. The van der Waals surface area contributed by atoms with Crippen molar-refractivity contribution in [3.05, 3.63) is 60.2 Å². The van der Waals surface area contributed by atoms with Gasteiger partial charge in [-0.1, -0.05) is 42.1 Å². The molecule has 0 aliphatic carbocycles. The van der Waals surface area contributed by atoms with Crippen LogP contribution in [0.2, 0.25) is 0 Å². The van der Waals surface area contributed by atoms with Gasteiger partial charge in [-0.25, -0.2) is 0 Å². The highest BCUT2D eigenvalue weighted by molar-refractivity contribution is 7.99. The molecule has 0 fully saturated rings. The van der Waals surface area contributed by atoms with Crippen LogP contribution in [0.15, 0.2) is 64.4 Å². The van der Waals surface area contributed by atoms with Crippen LogP contribution in [0.4, 0.5) is 0 Å². The molecule has 0 spiro atoms. The first-order valence-corrected chi connectivity index (χ1v) is 5.63. The van der Waals surface area contributed by atoms with E-state index in [2.05, 4.69) is 18.2 Å². The largest absolute Gasteiger partial charge is 0.392 e. The number of hydrogen-bond donors (Lipinski definition) is 1. The summed E-state index contributed by atoms with van der Waals surface area (Å²) in [7, 11) is 0. The van der Waals surface area contributed by atoms with E-state index >= 15 is 0 Å². The van der Waals surface area contributed by atoms with Crippen molar-refractivity contribution in [1.29, 1.82) is 0 Å². The molecule has 2 aromatic rings. The van der Waals surface area contributed by atoms with Crippen molar-refractivity contribution in [3.8, 4) is 0 Å². The third kappa shape index (κ3) is 2.85. The second kappa shape index (κ2) is 5.01. The third-order valence-corrected chi connectivity index (χ3v) is 3.06. The Morgan fingerprint density at radius 2 is 1.60 bits per heavy atom. The standard InChI is InChI=1S/C13H12OS/c14-10-11-5-4-8-13(9-11)15-12-6-2-1-3-7-12/h1-9,14H,10H2. The van der Waals surface area contributed by atoms with Crippen LogP contribution in [0, 0.1) is 0 Å². The Morgan fingerprint density at radius 1 is 0.867 bits per heavy atom. The minimum atomic E-state index is 0.100. The van der Waals surface area contributed by atoms with E-state index in [9.17, 15) is 0 Å². The van der Waals surface area contributed by atoms with Crippen LogP contribution >= 0.6 is 11.8 Å². The first kappa shape index (κ1) is 10.3. The summed E-state index contributed by atoms with van der Waals surface area (Å²) >= 11 is 1.71. The molecular formula is C13H12OS. The van der Waals surface area contributed by atoms with Gasteiger partial charge in [0.15, 0.2) is 0 Å². The summed E-state index contributed by atoms with van der Waals surface area (Å²) in [5, 5.41) is 9.02. The molecule has 0 aromatic heterocycles. The van der Waals surface area contributed by atoms with Crippen LogP contribution in [-0.2, 0) is 6.61 Å². The Labute approximate surface area is 93.8 Å². The SMILES string of the molecule is OCc1cccc(Sc2ccccc2)c1. The minimum absolute atomic E-state index is 0.100. The van der Waals surface area contributed by atoms with Crippen molar-refractivity contribution in [1.82, 2.24) is 0 Å². The number of aliphatic hydroxyl groups is 1. The van der Waals surface area contributed by atoms with E-state index in [0.29, 0.717) is 0 Å². The molecule has 0 radical (unpaired) electrons. The third-order valence-electron chi connectivity index (χ3n) is 2.06. The van der Waals surface area contributed by atoms with Gasteiger partial charge >= 0.3 is 0 Å². The van der Waals surface area contributed by atoms with Crippen LogP contribution in [-0.4, -0.2) is 5.11 Å². The van der Waals surface area contributed by atoms with E-state index in [4.69, 9.17) is 5.11 Å². The molecule has 0 saturated carbocycles. The summed E-state index contributed by atoms with van der Waals surface area (Å²) in [4.78, 5) is 2.38. The quantitative estimate of drug-likeness (QED) is 0.849. The predicted octanol–water partition coefficient (Wildman–Crippen LogP) is 3.33. The highest BCUT2D eigenvalue weighted by Crippen LogP contribution is 2.27. The molecule has 0 atom stereocenters. The average Bonchev–Trinajstić information content (AvgIpc) is 2.31. The summed E-state index contributed by atoms with van der Waals surface area (Å²) in [6.07, 6.45) is 0. The van der Waals surface area contributed by atoms with Gasteiger partial charge in [-0.2, -0.15) is 0 Å². The van der Waals surface area contributed by atoms with Crippen molar-refractivity contribution in [2.24, 2.45) is 0 Å². The topological polar surface area (TPSA) is 20.2 Å². The summed E-state index contributed by atoms with van der Waals surface area (Å²) < 4.78 is 0. The summed E-state index contributed by atoms with van der Waals surface area (Å²) in [5.41, 5.74) is 0.955. The molecule has 0 aliphatic heterocycles. The molecule has 1 N–H and O–H groups in total. The van der Waals surface area contributed by atoms with Crippen LogP contribution in [0.3, 0.4) is 0 Å². The van der Waals surface area contributed by atoms with E-state index in [1.807, 2.05) is 36.4 Å². The van der Waals surface area contributed by atoms with Crippen molar-refractivity contribution >= 4 is 11.8 Å². The van der Waals surface area contributed by atoms with E-state index in [0.717, 1.165) is 10.5 Å². The maximum absolute atomic E-state index is 9.02. The number of hydrogen-bond acceptors (Lipinski definition) is 2. The fraction of sp³-hybridized carbons (Fsp3) is 0.0769. The smallest absolute Gasteiger partial charge is 0.0682 e. The van der Waals surface area contributed by atoms with Gasteiger partial charge in [-0.3, -0.25) is 0 Å². The average molecular weight is 216 g/mol. The van der Waals surface area contributed by atoms with E-state index in [1.54, 1.807) is 11.8 Å². The maximum atomic E-state index is 9.02. The second-order valence-electron chi connectivity index (χ2n) is 3.22. The van der Waals surface area contributed by atoms with Crippen LogP contribution in [0.1, 0.15) is 5.56 Å². The van der Waals surface area contributed by atoms with Gasteiger partial charge in [0.25, 0.3) is 0 Å². The summed E-state index contributed by atoms with van der Waals surface area (Å²) in [5.74, 6) is 0. The van der Waals surface area contributed by atoms with Crippen molar-refractivity contribution in [2.75, 3.05) is 0 Å². The molecule has 0 amide bonds. The number of benzene rings is 2. The molecule has 2 rings (SSSR count). The Hall–Kier alpha value is -1.25. The zero-order valence-electron chi connectivity index (χ0n) is 8.26. The predicted molar refractivity (Wildman–Crippen MR) is 62.9 cm³/mol. The number of rotatable bonds is 3. The number of aliphatic hydroxyl groups excluding tert-OH is 1. The molecule has 0 saturated heterocycles. The first-order valence-electron chi connectivity index (χ1n) is 4.81. The molecular weight excluding hydrogens is 204 g/mol. The lowest BCUT2D eigenvalue weighted by Crippen LogP contribution is -1.82. The zero-order valence-corrected chi connectivity index (χ0v) is 9.08. The van der Waals surface area contributed by atoms with Crippen LogP contribution in [0.5, 0.6) is 0 Å². The zero-order chi connectivity index (χ0) is 10.5. The van der Waals surface area contributed by atoms with E-state index in [1.165, 1.54) is 4.90 Å². The maximum Gasteiger partial charge on any atom is 0.0682 e. The van der Waals surface area contributed by atoms with Crippen LogP contribution < -0.4 is 0 Å². The Kier molecular flexibility index (Phi) is 3.43. The van der Waals surface area contributed by atoms with E-state index in [-0.39, 0.29) is 6.61 Å². The van der Waals surface area contributed by atoms with Crippen molar-refractivity contribution in [3.63, 3.8) is 0 Å². The van der Waals surface area contributed by atoms with Crippen molar-refractivity contribution < 1.29 is 5.11 Å². The minimum Gasteiger partial charge on any atom is -0.392 e. The molecule has 0 unspecified atom stereocenters. The van der Waals surface area contributed by atoms with Gasteiger partial charge in [-0.05, 0) is 29.8 Å². The highest BCUT2D eigenvalue weighted by atomic mass is 32.2. The summed E-state index contributed by atoms with van der Waals surface area (Å²) in [6, 6.07) is 18.2. The lowest BCUT2D eigenvalue weighted by molar-refractivity contribution is 0.281. The lowest BCUT2D eigenvalue weighted by atomic mass is 10.2. The monoisotopic (exact) mass is 216 g/mol. The molecule has 15 heavy (non-hydrogen) atoms. The van der Waals surface area contributed by atoms with Gasteiger partial charge in [0.05, 0.1) is 6.61 Å². The fourth-order valence-corrected chi connectivity index (χ4v) is 2.25. The molecule has 1 nitrogen and oxygen atoms in total. The molecule has 76 valence electrons. The van der Waals surface area contributed by atoms with Gasteiger partial charge in [0.2, 0.25) is 0 Å². The van der Waals surface area contributed by atoms with Gasteiger partial charge < -0.3 is 5.11 Å². The molecule has 0 heterocycles.